The minimum absolute atomic E-state index is 0. The lowest BCUT2D eigenvalue weighted by Crippen LogP contribution is -2.61. The summed E-state index contributed by atoms with van der Waals surface area (Å²) >= 11 is 1.52. The van der Waals surface area contributed by atoms with Crippen LogP contribution in [0.2, 0.25) is 0 Å². The molecule has 0 unspecified atom stereocenters. The van der Waals surface area contributed by atoms with Crippen molar-refractivity contribution in [3.63, 3.8) is 0 Å². The Hall–Kier alpha value is -0.620. The average molecular weight is 358 g/mol. The van der Waals surface area contributed by atoms with Crippen molar-refractivity contribution in [3.05, 3.63) is 22.4 Å². The summed E-state index contributed by atoms with van der Waals surface area (Å²) < 4.78 is 0. The first-order valence-electron chi connectivity index (χ1n) is 8.45. The number of hydrogen-bond acceptors (Lipinski definition) is 4. The molecule has 4 nitrogen and oxygen atoms in total. The molecule has 0 radical (unpaired) electrons. The van der Waals surface area contributed by atoms with Gasteiger partial charge in [-0.3, -0.25) is 9.69 Å². The number of thiophene rings is 1. The standard InChI is InChI=1S/C17H27N3OS.ClH/c1-19-9-11-20(12-10-19)17(7-3-2-4-8-17)14-18-16(21)15-6-5-13-22-15;/h5-6,13H,2-4,7-12,14H2,1H3,(H,18,21);1H. The Labute approximate surface area is 149 Å². The summed E-state index contributed by atoms with van der Waals surface area (Å²) in [5.74, 6) is 0.0917. The highest BCUT2D eigenvalue weighted by Gasteiger charge is 2.39. The fourth-order valence-electron chi connectivity index (χ4n) is 3.84. The summed E-state index contributed by atoms with van der Waals surface area (Å²) in [6, 6.07) is 3.85. The van der Waals surface area contributed by atoms with Crippen LogP contribution < -0.4 is 5.32 Å². The maximum absolute atomic E-state index is 12.3. The van der Waals surface area contributed by atoms with Crippen molar-refractivity contribution >= 4 is 29.7 Å². The van der Waals surface area contributed by atoms with Gasteiger partial charge in [-0.1, -0.05) is 25.3 Å². The Morgan fingerprint density at radius 1 is 1.22 bits per heavy atom. The van der Waals surface area contributed by atoms with Gasteiger partial charge < -0.3 is 10.2 Å². The van der Waals surface area contributed by atoms with E-state index < -0.39 is 0 Å². The Bertz CT molecular complexity index is 480. The van der Waals surface area contributed by atoms with E-state index in [1.54, 1.807) is 0 Å². The van der Waals surface area contributed by atoms with Gasteiger partial charge in [-0.2, -0.15) is 0 Å². The zero-order valence-electron chi connectivity index (χ0n) is 13.9. The van der Waals surface area contributed by atoms with Crippen LogP contribution in [-0.4, -0.2) is 61.0 Å². The number of likely N-dealkylation sites (N-methyl/N-ethyl adjacent to an activating group) is 1. The molecule has 2 fully saturated rings. The van der Waals surface area contributed by atoms with Crippen molar-refractivity contribution in [1.29, 1.82) is 0 Å². The molecule has 6 heteroatoms. The van der Waals surface area contributed by atoms with Gasteiger partial charge in [0, 0.05) is 38.3 Å². The minimum Gasteiger partial charge on any atom is -0.349 e. The van der Waals surface area contributed by atoms with E-state index in [0.717, 1.165) is 37.6 Å². The molecule has 1 aliphatic heterocycles. The van der Waals surface area contributed by atoms with Crippen LogP contribution in [0.25, 0.3) is 0 Å². The quantitative estimate of drug-likeness (QED) is 0.900. The first-order chi connectivity index (χ1) is 10.7. The number of amides is 1. The summed E-state index contributed by atoms with van der Waals surface area (Å²) in [6.45, 7) is 5.34. The highest BCUT2D eigenvalue weighted by molar-refractivity contribution is 7.12. The summed E-state index contributed by atoms with van der Waals surface area (Å²) in [5, 5.41) is 5.18. The van der Waals surface area contributed by atoms with Gasteiger partial charge >= 0.3 is 0 Å². The number of carbonyl (C=O) groups is 1. The molecular weight excluding hydrogens is 330 g/mol. The Morgan fingerprint density at radius 3 is 2.52 bits per heavy atom. The minimum atomic E-state index is 0. The zero-order valence-corrected chi connectivity index (χ0v) is 15.6. The molecule has 2 aliphatic rings. The van der Waals surface area contributed by atoms with E-state index in [1.807, 2.05) is 17.5 Å². The van der Waals surface area contributed by atoms with E-state index in [4.69, 9.17) is 0 Å². The number of rotatable bonds is 4. The third-order valence-electron chi connectivity index (χ3n) is 5.28. The zero-order chi connectivity index (χ0) is 15.4. The molecule has 1 saturated carbocycles. The topological polar surface area (TPSA) is 35.6 Å². The van der Waals surface area contributed by atoms with Gasteiger partial charge in [-0.25, -0.2) is 0 Å². The second-order valence-electron chi connectivity index (χ2n) is 6.74. The van der Waals surface area contributed by atoms with Crippen LogP contribution in [0.5, 0.6) is 0 Å². The fraction of sp³-hybridized carbons (Fsp3) is 0.706. The molecule has 1 N–H and O–H groups in total. The van der Waals surface area contributed by atoms with Crippen LogP contribution in [-0.2, 0) is 0 Å². The first-order valence-corrected chi connectivity index (χ1v) is 9.33. The third kappa shape index (κ3) is 4.47. The highest BCUT2D eigenvalue weighted by atomic mass is 35.5. The Morgan fingerprint density at radius 2 is 1.91 bits per heavy atom. The number of nitrogens with zero attached hydrogens (tertiary/aromatic N) is 2. The van der Waals surface area contributed by atoms with Crippen molar-refractivity contribution < 1.29 is 4.79 Å². The van der Waals surface area contributed by atoms with Crippen LogP contribution in [0.15, 0.2) is 17.5 Å². The molecular formula is C17H28ClN3OS. The van der Waals surface area contributed by atoms with Gasteiger partial charge in [0.15, 0.2) is 0 Å². The summed E-state index contributed by atoms with van der Waals surface area (Å²) in [6.07, 6.45) is 6.37. The molecule has 1 saturated heterocycles. The molecule has 1 aromatic heterocycles. The molecule has 0 aromatic carbocycles. The monoisotopic (exact) mass is 357 g/mol. The predicted molar refractivity (Wildman–Crippen MR) is 98.8 cm³/mol. The molecule has 23 heavy (non-hydrogen) atoms. The van der Waals surface area contributed by atoms with Crippen LogP contribution in [0, 0.1) is 0 Å². The lowest BCUT2D eigenvalue weighted by Gasteiger charge is -2.49. The molecule has 2 heterocycles. The van der Waals surface area contributed by atoms with Crippen LogP contribution in [0.1, 0.15) is 41.8 Å². The number of carbonyl (C=O) groups excluding carboxylic acids is 1. The maximum atomic E-state index is 12.3. The van der Waals surface area contributed by atoms with Crippen LogP contribution in [0.3, 0.4) is 0 Å². The Kier molecular flexibility index (Phi) is 6.89. The molecule has 0 atom stereocenters. The van der Waals surface area contributed by atoms with Crippen LogP contribution >= 0.6 is 23.7 Å². The molecule has 0 bridgehead atoms. The third-order valence-corrected chi connectivity index (χ3v) is 6.15. The lowest BCUT2D eigenvalue weighted by atomic mass is 9.79. The van der Waals surface area contributed by atoms with Gasteiger partial charge in [0.1, 0.15) is 0 Å². The smallest absolute Gasteiger partial charge is 0.261 e. The van der Waals surface area contributed by atoms with Crippen LogP contribution in [0.4, 0.5) is 0 Å². The largest absolute Gasteiger partial charge is 0.349 e. The van der Waals surface area contributed by atoms with Crippen molar-refractivity contribution in [1.82, 2.24) is 15.1 Å². The SMILES string of the molecule is CN1CCN(C2(CNC(=O)c3cccs3)CCCCC2)CC1.Cl. The first kappa shape index (κ1) is 18.7. The number of nitrogens with one attached hydrogen (secondary N) is 1. The van der Waals surface area contributed by atoms with Crippen molar-refractivity contribution in [3.8, 4) is 0 Å². The van der Waals surface area contributed by atoms with Gasteiger partial charge in [-0.05, 0) is 31.3 Å². The van der Waals surface area contributed by atoms with Crippen molar-refractivity contribution in [2.45, 2.75) is 37.6 Å². The normalized spacial score (nSPS) is 22.3. The molecule has 0 spiro atoms. The molecule has 1 aromatic rings. The summed E-state index contributed by atoms with van der Waals surface area (Å²) in [5.41, 5.74) is 0.187. The summed E-state index contributed by atoms with van der Waals surface area (Å²) in [4.78, 5) is 18.2. The van der Waals surface area contributed by atoms with Gasteiger partial charge in [-0.15, -0.1) is 23.7 Å². The second kappa shape index (κ2) is 8.47. The van der Waals surface area contributed by atoms with Gasteiger partial charge in [0.25, 0.3) is 5.91 Å². The highest BCUT2D eigenvalue weighted by Crippen LogP contribution is 2.34. The number of hydrogen-bond donors (Lipinski definition) is 1. The number of halogens is 1. The molecule has 1 amide bonds. The van der Waals surface area contributed by atoms with Gasteiger partial charge in [0.05, 0.1) is 4.88 Å². The van der Waals surface area contributed by atoms with E-state index in [0.29, 0.717) is 0 Å². The Balaban J connectivity index is 0.00000192. The number of piperazine rings is 1. The molecule has 1 aliphatic carbocycles. The van der Waals surface area contributed by atoms with Crippen molar-refractivity contribution in [2.75, 3.05) is 39.8 Å². The van der Waals surface area contributed by atoms with E-state index >= 15 is 0 Å². The predicted octanol–water partition coefficient (Wildman–Crippen LogP) is 2.85. The second-order valence-corrected chi connectivity index (χ2v) is 7.68. The van der Waals surface area contributed by atoms with Crippen molar-refractivity contribution in [2.24, 2.45) is 0 Å². The van der Waals surface area contributed by atoms with E-state index in [1.165, 1.54) is 43.4 Å². The van der Waals surface area contributed by atoms with E-state index in [9.17, 15) is 4.79 Å². The van der Waals surface area contributed by atoms with Gasteiger partial charge in [0.2, 0.25) is 0 Å². The maximum Gasteiger partial charge on any atom is 0.261 e. The summed E-state index contributed by atoms with van der Waals surface area (Å²) in [7, 11) is 2.20. The molecule has 3 rings (SSSR count). The molecule has 130 valence electrons. The fourth-order valence-corrected chi connectivity index (χ4v) is 4.48. The van der Waals surface area contributed by atoms with E-state index in [-0.39, 0.29) is 23.9 Å². The lowest BCUT2D eigenvalue weighted by molar-refractivity contribution is 0.0139. The average Bonchev–Trinajstić information content (AvgIpc) is 3.09. The van der Waals surface area contributed by atoms with E-state index in [2.05, 4.69) is 22.2 Å².